The van der Waals surface area contributed by atoms with Crippen LogP contribution in [0.4, 0.5) is 5.00 Å². The second kappa shape index (κ2) is 3.89. The Morgan fingerprint density at radius 1 is 1.47 bits per heavy atom. The number of fused-ring (bicyclic) bond motifs is 1. The van der Waals surface area contributed by atoms with E-state index in [-0.39, 0.29) is 6.04 Å². The minimum Gasteiger partial charge on any atom is -0.363 e. The molecule has 0 fully saturated rings. The predicted octanol–water partition coefficient (Wildman–Crippen LogP) is 2.92. The minimum atomic E-state index is -0.222. The maximum Gasteiger partial charge on any atom is 0.146 e. The molecule has 2 N–H and O–H groups in total. The summed E-state index contributed by atoms with van der Waals surface area (Å²) >= 11 is 1.69. The first-order chi connectivity index (χ1) is 8.28. The van der Waals surface area contributed by atoms with Crippen LogP contribution in [0.25, 0.3) is 11.6 Å². The first kappa shape index (κ1) is 10.4. The van der Waals surface area contributed by atoms with E-state index in [1.807, 2.05) is 24.4 Å². The van der Waals surface area contributed by atoms with Crippen molar-refractivity contribution in [3.8, 4) is 0 Å². The zero-order valence-electron chi connectivity index (χ0n) is 9.36. The van der Waals surface area contributed by atoms with Crippen molar-refractivity contribution >= 4 is 34.3 Å². The molecule has 0 radical (unpaired) electrons. The minimum absolute atomic E-state index is 0.222. The van der Waals surface area contributed by atoms with Crippen LogP contribution in [-0.2, 0) is 4.79 Å². The van der Waals surface area contributed by atoms with Gasteiger partial charge in [0.05, 0.1) is 5.00 Å². The smallest absolute Gasteiger partial charge is 0.146 e. The molecule has 0 saturated heterocycles. The van der Waals surface area contributed by atoms with Crippen LogP contribution in [0, 0.1) is 6.92 Å². The second-order valence-electron chi connectivity index (χ2n) is 4.08. The molecule has 0 amide bonds. The first-order valence-corrected chi connectivity index (χ1v) is 6.27. The molecule has 17 heavy (non-hydrogen) atoms. The molecule has 0 aromatic carbocycles. The number of aldehydes is 1. The SMILES string of the molecule is Cc1cc2c(s1)NC(C=O)C2=Cc1ccc[nH]1. The summed E-state index contributed by atoms with van der Waals surface area (Å²) in [6.07, 6.45) is 4.87. The molecular formula is C13H12N2OS. The zero-order valence-corrected chi connectivity index (χ0v) is 10.2. The van der Waals surface area contributed by atoms with E-state index in [4.69, 9.17) is 0 Å². The van der Waals surface area contributed by atoms with Crippen LogP contribution in [0.15, 0.2) is 24.4 Å². The quantitative estimate of drug-likeness (QED) is 0.798. The lowest BCUT2D eigenvalue weighted by molar-refractivity contribution is -0.107. The number of carbonyl (C=O) groups is 1. The Labute approximate surface area is 103 Å². The maximum absolute atomic E-state index is 11.1. The van der Waals surface area contributed by atoms with Crippen molar-refractivity contribution in [2.75, 3.05) is 5.32 Å². The lowest BCUT2D eigenvalue weighted by Gasteiger charge is -2.05. The van der Waals surface area contributed by atoms with Gasteiger partial charge in [-0.2, -0.15) is 0 Å². The second-order valence-corrected chi connectivity index (χ2v) is 5.34. The molecule has 1 aliphatic heterocycles. The number of hydrogen-bond donors (Lipinski definition) is 2. The molecule has 0 bridgehead atoms. The van der Waals surface area contributed by atoms with E-state index in [0.717, 1.165) is 28.1 Å². The number of carbonyl (C=O) groups excluding carboxylic acids is 1. The lowest BCUT2D eigenvalue weighted by Crippen LogP contribution is -2.15. The first-order valence-electron chi connectivity index (χ1n) is 5.45. The summed E-state index contributed by atoms with van der Waals surface area (Å²) in [5.41, 5.74) is 3.21. The van der Waals surface area contributed by atoms with Gasteiger partial charge < -0.3 is 15.1 Å². The number of rotatable bonds is 2. The highest BCUT2D eigenvalue weighted by molar-refractivity contribution is 7.16. The highest BCUT2D eigenvalue weighted by atomic mass is 32.1. The van der Waals surface area contributed by atoms with Gasteiger partial charge in [-0.1, -0.05) is 0 Å². The van der Waals surface area contributed by atoms with Crippen molar-refractivity contribution in [2.45, 2.75) is 13.0 Å². The van der Waals surface area contributed by atoms with Crippen molar-refractivity contribution in [1.82, 2.24) is 4.98 Å². The normalized spacial score (nSPS) is 20.3. The molecular weight excluding hydrogens is 232 g/mol. The Morgan fingerprint density at radius 2 is 2.35 bits per heavy atom. The third kappa shape index (κ3) is 1.70. The van der Waals surface area contributed by atoms with E-state index in [0.29, 0.717) is 0 Å². The van der Waals surface area contributed by atoms with Gasteiger partial charge in [0.15, 0.2) is 0 Å². The third-order valence-corrected chi connectivity index (χ3v) is 3.84. The number of thiophene rings is 1. The lowest BCUT2D eigenvalue weighted by atomic mass is 10.0. The van der Waals surface area contributed by atoms with Gasteiger partial charge in [0.25, 0.3) is 0 Å². The van der Waals surface area contributed by atoms with Crippen LogP contribution in [0.1, 0.15) is 16.1 Å². The third-order valence-electron chi connectivity index (χ3n) is 2.86. The summed E-state index contributed by atoms with van der Waals surface area (Å²) in [7, 11) is 0. The molecule has 86 valence electrons. The van der Waals surface area contributed by atoms with Gasteiger partial charge in [0, 0.05) is 22.3 Å². The van der Waals surface area contributed by atoms with Crippen molar-refractivity contribution < 1.29 is 4.79 Å². The summed E-state index contributed by atoms with van der Waals surface area (Å²) in [4.78, 5) is 15.5. The topological polar surface area (TPSA) is 44.9 Å². The average molecular weight is 244 g/mol. The number of hydrogen-bond acceptors (Lipinski definition) is 3. The van der Waals surface area contributed by atoms with Gasteiger partial charge in [-0.15, -0.1) is 11.3 Å². The van der Waals surface area contributed by atoms with Crippen molar-refractivity contribution in [2.24, 2.45) is 0 Å². The van der Waals surface area contributed by atoms with Gasteiger partial charge in [-0.3, -0.25) is 0 Å². The molecule has 1 aliphatic rings. The standard InChI is InChI=1S/C13H12N2OS/c1-8-5-11-10(6-9-3-2-4-14-9)12(7-16)15-13(11)17-8/h2-7,12,14-15H,1H3. The molecule has 0 spiro atoms. The van der Waals surface area contributed by atoms with Crippen LogP contribution >= 0.6 is 11.3 Å². The van der Waals surface area contributed by atoms with Crippen LogP contribution in [-0.4, -0.2) is 17.3 Å². The molecule has 1 atom stereocenters. The molecule has 1 unspecified atom stereocenters. The predicted molar refractivity (Wildman–Crippen MR) is 71.2 cm³/mol. The van der Waals surface area contributed by atoms with E-state index >= 15 is 0 Å². The van der Waals surface area contributed by atoms with E-state index in [9.17, 15) is 4.79 Å². The van der Waals surface area contributed by atoms with Gasteiger partial charge >= 0.3 is 0 Å². The summed E-state index contributed by atoms with van der Waals surface area (Å²) in [5, 5.41) is 4.33. The Morgan fingerprint density at radius 3 is 3.06 bits per heavy atom. The summed E-state index contributed by atoms with van der Waals surface area (Å²) in [6.45, 7) is 2.08. The Hall–Kier alpha value is -1.81. The number of aromatic amines is 1. The van der Waals surface area contributed by atoms with Gasteiger partial charge in [-0.25, -0.2) is 0 Å². The Balaban J connectivity index is 2.09. The summed E-state index contributed by atoms with van der Waals surface area (Å²) in [5.74, 6) is 0. The molecule has 0 saturated carbocycles. The van der Waals surface area contributed by atoms with Crippen molar-refractivity contribution in [1.29, 1.82) is 0 Å². The summed E-state index contributed by atoms with van der Waals surface area (Å²) in [6, 6.07) is 5.85. The maximum atomic E-state index is 11.1. The van der Waals surface area contributed by atoms with E-state index < -0.39 is 0 Å². The highest BCUT2D eigenvalue weighted by Gasteiger charge is 2.27. The van der Waals surface area contributed by atoms with Crippen molar-refractivity contribution in [3.63, 3.8) is 0 Å². The van der Waals surface area contributed by atoms with Crippen LogP contribution in [0.3, 0.4) is 0 Å². The van der Waals surface area contributed by atoms with Gasteiger partial charge in [0.1, 0.15) is 12.3 Å². The van der Waals surface area contributed by atoms with Crippen LogP contribution in [0.2, 0.25) is 0 Å². The molecule has 4 heteroatoms. The van der Waals surface area contributed by atoms with E-state index in [1.165, 1.54) is 4.88 Å². The zero-order chi connectivity index (χ0) is 11.8. The molecule has 0 aliphatic carbocycles. The molecule has 2 aromatic rings. The van der Waals surface area contributed by atoms with Crippen LogP contribution < -0.4 is 5.32 Å². The number of H-pyrrole nitrogens is 1. The average Bonchev–Trinajstić information content (AvgIpc) is 2.97. The number of anilines is 1. The summed E-state index contributed by atoms with van der Waals surface area (Å²) < 4.78 is 0. The highest BCUT2D eigenvalue weighted by Crippen LogP contribution is 2.41. The van der Waals surface area contributed by atoms with E-state index in [2.05, 4.69) is 23.3 Å². The van der Waals surface area contributed by atoms with Crippen LogP contribution in [0.5, 0.6) is 0 Å². The Kier molecular flexibility index (Phi) is 2.37. The largest absolute Gasteiger partial charge is 0.363 e. The fourth-order valence-corrected chi connectivity index (χ4v) is 3.07. The molecule has 3 rings (SSSR count). The number of nitrogens with one attached hydrogen (secondary N) is 2. The fourth-order valence-electron chi connectivity index (χ4n) is 2.10. The number of aryl methyl sites for hydroxylation is 1. The molecule has 3 heterocycles. The fraction of sp³-hybridized carbons (Fsp3) is 0.154. The van der Waals surface area contributed by atoms with Gasteiger partial charge in [-0.05, 0) is 36.8 Å². The van der Waals surface area contributed by atoms with Gasteiger partial charge in [0.2, 0.25) is 0 Å². The molecule has 2 aromatic heterocycles. The van der Waals surface area contributed by atoms with Crippen molar-refractivity contribution in [3.05, 3.63) is 40.5 Å². The van der Waals surface area contributed by atoms with E-state index in [1.54, 1.807) is 11.3 Å². The molecule has 3 nitrogen and oxygen atoms in total. The monoisotopic (exact) mass is 244 g/mol. The number of aromatic nitrogens is 1. The Bertz CT molecular complexity index is 581.